The van der Waals surface area contributed by atoms with E-state index in [1.165, 1.54) is 24.1 Å². The van der Waals surface area contributed by atoms with Crippen molar-refractivity contribution in [1.82, 2.24) is 10.2 Å². The predicted molar refractivity (Wildman–Crippen MR) is 171 cm³/mol. The number of ether oxygens (including phenoxy) is 1. The first-order valence-corrected chi connectivity index (χ1v) is 16.2. The third-order valence-corrected chi connectivity index (χ3v) is 8.66. The maximum absolute atomic E-state index is 14.3. The Morgan fingerprint density at radius 1 is 1.07 bits per heavy atom. The molecule has 0 fully saturated rings. The van der Waals surface area contributed by atoms with E-state index in [4.69, 9.17) is 27.9 Å². The van der Waals surface area contributed by atoms with Crippen LogP contribution in [0.4, 0.5) is 11.4 Å². The molecular formula is C30H34Cl2N4O7S. The van der Waals surface area contributed by atoms with Crippen molar-refractivity contribution in [2.45, 2.75) is 45.3 Å². The zero-order valence-electron chi connectivity index (χ0n) is 24.7. The van der Waals surface area contributed by atoms with Gasteiger partial charge in [-0.3, -0.25) is 24.0 Å². The maximum atomic E-state index is 14.3. The molecule has 0 aromatic heterocycles. The number of sulfonamides is 1. The number of nitrogens with one attached hydrogen (secondary N) is 1. The van der Waals surface area contributed by atoms with Gasteiger partial charge in [-0.1, -0.05) is 66.5 Å². The highest BCUT2D eigenvalue weighted by Gasteiger charge is 2.35. The molecular weight excluding hydrogens is 631 g/mol. The van der Waals surface area contributed by atoms with Crippen molar-refractivity contribution in [2.24, 2.45) is 0 Å². The number of anilines is 1. The average Bonchev–Trinajstić information content (AvgIpc) is 2.97. The molecule has 0 spiro atoms. The molecule has 0 radical (unpaired) electrons. The third-order valence-electron chi connectivity index (χ3n) is 6.95. The van der Waals surface area contributed by atoms with E-state index in [0.29, 0.717) is 17.0 Å². The standard InChI is InChI=1S/C30H34Cl2N4O7S/c1-5-20(2)33-30(38)27(15-21-9-7-6-8-10-21)34(18-22-11-12-23(31)16-25(22)32)29(37)19-35(44(4,41)42)26-17-24(36(39)40)13-14-28(26)43-3/h6-14,16-17,20,27H,5,15,18-19H2,1-4H3,(H,33,38)/t20-,27+/m0/s1. The first kappa shape index (κ1) is 34.6. The number of hydrogen-bond donors (Lipinski definition) is 1. The number of carbonyl (C=O) groups is 2. The fraction of sp³-hybridized carbons (Fsp3) is 0.333. The van der Waals surface area contributed by atoms with E-state index < -0.39 is 45.0 Å². The van der Waals surface area contributed by atoms with Crippen LogP contribution in [0.1, 0.15) is 31.4 Å². The lowest BCUT2D eigenvalue weighted by Gasteiger charge is -2.34. The number of rotatable bonds is 14. The van der Waals surface area contributed by atoms with E-state index in [-0.39, 0.29) is 35.5 Å². The summed E-state index contributed by atoms with van der Waals surface area (Å²) in [6, 6.07) is 15.9. The Balaban J connectivity index is 2.16. The fourth-order valence-electron chi connectivity index (χ4n) is 4.41. The number of amides is 2. The minimum Gasteiger partial charge on any atom is -0.495 e. The monoisotopic (exact) mass is 664 g/mol. The van der Waals surface area contributed by atoms with Crippen LogP contribution in [0.3, 0.4) is 0 Å². The second kappa shape index (κ2) is 15.2. The van der Waals surface area contributed by atoms with Crippen LogP contribution < -0.4 is 14.4 Å². The predicted octanol–water partition coefficient (Wildman–Crippen LogP) is 5.23. The molecule has 236 valence electrons. The van der Waals surface area contributed by atoms with Gasteiger partial charge in [0.15, 0.2) is 0 Å². The molecule has 0 saturated heterocycles. The van der Waals surface area contributed by atoms with E-state index in [1.54, 1.807) is 24.3 Å². The van der Waals surface area contributed by atoms with Gasteiger partial charge < -0.3 is 15.0 Å². The van der Waals surface area contributed by atoms with Crippen LogP contribution in [-0.2, 0) is 32.6 Å². The molecule has 3 aromatic rings. The van der Waals surface area contributed by atoms with Crippen molar-refractivity contribution in [2.75, 3.05) is 24.2 Å². The van der Waals surface area contributed by atoms with Gasteiger partial charge in [-0.05, 0) is 42.7 Å². The SMILES string of the molecule is CC[C@H](C)NC(=O)[C@@H](Cc1ccccc1)N(Cc1ccc(Cl)cc1Cl)C(=O)CN(c1cc([N+](=O)[O-])ccc1OC)S(C)(=O)=O. The number of nitrogens with zero attached hydrogens (tertiary/aromatic N) is 3. The van der Waals surface area contributed by atoms with Crippen molar-refractivity contribution in [3.8, 4) is 5.75 Å². The largest absolute Gasteiger partial charge is 0.495 e. The Kier molecular flexibility index (Phi) is 12.0. The van der Waals surface area contributed by atoms with Crippen molar-refractivity contribution < 1.29 is 27.7 Å². The molecule has 0 aliphatic rings. The molecule has 14 heteroatoms. The number of nitro benzene ring substituents is 1. The number of halogens is 2. The van der Waals surface area contributed by atoms with Gasteiger partial charge in [-0.2, -0.15) is 0 Å². The van der Waals surface area contributed by atoms with Gasteiger partial charge >= 0.3 is 0 Å². The molecule has 3 aromatic carbocycles. The molecule has 0 aliphatic carbocycles. The van der Waals surface area contributed by atoms with Crippen LogP contribution in [0.15, 0.2) is 66.7 Å². The molecule has 0 bridgehead atoms. The molecule has 3 rings (SSSR count). The Bertz CT molecular complexity index is 1610. The summed E-state index contributed by atoms with van der Waals surface area (Å²) in [5.41, 5.74) is 0.627. The van der Waals surface area contributed by atoms with Crippen LogP contribution in [0.25, 0.3) is 0 Å². The quantitative estimate of drug-likeness (QED) is 0.184. The Labute approximate surface area is 266 Å². The second-order valence-electron chi connectivity index (χ2n) is 10.2. The van der Waals surface area contributed by atoms with Gasteiger partial charge in [0.25, 0.3) is 5.69 Å². The van der Waals surface area contributed by atoms with E-state index in [1.807, 2.05) is 32.0 Å². The number of benzene rings is 3. The molecule has 0 aliphatic heterocycles. The van der Waals surface area contributed by atoms with E-state index in [2.05, 4.69) is 5.32 Å². The topological polar surface area (TPSA) is 139 Å². The van der Waals surface area contributed by atoms with Crippen molar-refractivity contribution in [3.63, 3.8) is 0 Å². The zero-order chi connectivity index (χ0) is 32.6. The maximum Gasteiger partial charge on any atom is 0.271 e. The molecule has 2 atom stereocenters. The lowest BCUT2D eigenvalue weighted by molar-refractivity contribution is -0.384. The summed E-state index contributed by atoms with van der Waals surface area (Å²) in [6.45, 7) is 2.79. The summed E-state index contributed by atoms with van der Waals surface area (Å²) < 4.78 is 32.2. The van der Waals surface area contributed by atoms with Crippen LogP contribution in [-0.4, -0.2) is 62.0 Å². The van der Waals surface area contributed by atoms with Crippen LogP contribution >= 0.6 is 23.2 Å². The second-order valence-corrected chi connectivity index (χ2v) is 12.9. The highest BCUT2D eigenvalue weighted by Crippen LogP contribution is 2.34. The summed E-state index contributed by atoms with van der Waals surface area (Å²) in [5, 5.41) is 15.1. The van der Waals surface area contributed by atoms with Gasteiger partial charge in [0.05, 0.1) is 18.3 Å². The number of carbonyl (C=O) groups excluding carboxylic acids is 2. The molecule has 2 amide bonds. The fourth-order valence-corrected chi connectivity index (χ4v) is 5.72. The average molecular weight is 666 g/mol. The first-order chi connectivity index (χ1) is 20.7. The number of non-ortho nitro benzene ring substituents is 1. The van der Waals surface area contributed by atoms with Gasteiger partial charge in [0.1, 0.15) is 24.0 Å². The lowest BCUT2D eigenvalue weighted by Crippen LogP contribution is -2.54. The number of nitro groups is 1. The van der Waals surface area contributed by atoms with E-state index in [9.17, 15) is 28.1 Å². The zero-order valence-corrected chi connectivity index (χ0v) is 27.0. The van der Waals surface area contributed by atoms with E-state index >= 15 is 0 Å². The highest BCUT2D eigenvalue weighted by atomic mass is 35.5. The Hall–Kier alpha value is -3.87. The molecule has 0 saturated carbocycles. The molecule has 44 heavy (non-hydrogen) atoms. The minimum absolute atomic E-state index is 0.00327. The number of hydrogen-bond acceptors (Lipinski definition) is 7. The van der Waals surface area contributed by atoms with Crippen molar-refractivity contribution in [3.05, 3.63) is 98.0 Å². The molecule has 1 N–H and O–H groups in total. The Morgan fingerprint density at radius 2 is 1.75 bits per heavy atom. The summed E-state index contributed by atoms with van der Waals surface area (Å²) in [4.78, 5) is 40.1. The Morgan fingerprint density at radius 3 is 2.32 bits per heavy atom. The lowest BCUT2D eigenvalue weighted by atomic mass is 10.0. The van der Waals surface area contributed by atoms with Gasteiger partial charge in [-0.25, -0.2) is 8.42 Å². The van der Waals surface area contributed by atoms with Gasteiger partial charge in [0.2, 0.25) is 21.8 Å². The first-order valence-electron chi connectivity index (χ1n) is 13.6. The highest BCUT2D eigenvalue weighted by molar-refractivity contribution is 7.92. The summed E-state index contributed by atoms with van der Waals surface area (Å²) in [7, 11) is -2.92. The molecule has 11 nitrogen and oxygen atoms in total. The molecule has 0 heterocycles. The van der Waals surface area contributed by atoms with Gasteiger partial charge in [-0.15, -0.1) is 0 Å². The van der Waals surface area contributed by atoms with E-state index in [0.717, 1.165) is 28.3 Å². The van der Waals surface area contributed by atoms with Gasteiger partial charge in [0, 0.05) is 41.2 Å². The van der Waals surface area contributed by atoms with Crippen LogP contribution in [0, 0.1) is 10.1 Å². The summed E-state index contributed by atoms with van der Waals surface area (Å²) in [6.07, 6.45) is 1.62. The van der Waals surface area contributed by atoms with Crippen molar-refractivity contribution >= 4 is 56.4 Å². The van der Waals surface area contributed by atoms with Crippen LogP contribution in [0.2, 0.25) is 10.0 Å². The minimum atomic E-state index is -4.20. The summed E-state index contributed by atoms with van der Waals surface area (Å²) >= 11 is 12.6. The smallest absolute Gasteiger partial charge is 0.271 e. The van der Waals surface area contributed by atoms with Crippen LogP contribution in [0.5, 0.6) is 5.75 Å². The normalized spacial score (nSPS) is 12.6. The number of methoxy groups -OCH3 is 1. The third kappa shape index (κ3) is 9.07. The van der Waals surface area contributed by atoms with Crippen molar-refractivity contribution in [1.29, 1.82) is 0 Å². The summed E-state index contributed by atoms with van der Waals surface area (Å²) in [5.74, 6) is -1.20. The molecule has 0 unspecified atom stereocenters.